The summed E-state index contributed by atoms with van der Waals surface area (Å²) in [5, 5.41) is 3.59. The summed E-state index contributed by atoms with van der Waals surface area (Å²) in [6.07, 6.45) is 0. The summed E-state index contributed by atoms with van der Waals surface area (Å²) in [4.78, 5) is 0. The molecule has 3 rings (SSSR count). The van der Waals surface area contributed by atoms with Gasteiger partial charge in [0.2, 0.25) is 0 Å². The Morgan fingerprint density at radius 3 is 2.19 bits per heavy atom. The van der Waals surface area contributed by atoms with E-state index in [0.717, 1.165) is 26.3 Å². The minimum Gasteiger partial charge on any atom is -0.379 e. The Morgan fingerprint density at radius 1 is 1.00 bits per heavy atom. The van der Waals surface area contributed by atoms with Crippen molar-refractivity contribution in [1.29, 1.82) is 0 Å². The van der Waals surface area contributed by atoms with Crippen LogP contribution in [0.2, 0.25) is 0 Å². The van der Waals surface area contributed by atoms with Gasteiger partial charge in [0, 0.05) is 12.0 Å². The Bertz CT molecular complexity index is 548. The molecule has 1 fully saturated rings. The molecule has 2 heteroatoms. The molecule has 0 spiro atoms. The smallest absolute Gasteiger partial charge is 0.0588 e. The molecule has 0 saturated carbocycles. The topological polar surface area (TPSA) is 21.3 Å². The molecule has 1 unspecified atom stereocenters. The van der Waals surface area contributed by atoms with Gasteiger partial charge in [-0.15, -0.1) is 0 Å². The molecule has 0 radical (unpaired) electrons. The van der Waals surface area contributed by atoms with E-state index in [1.54, 1.807) is 0 Å². The molecular weight excluding hydrogens is 258 g/mol. The summed E-state index contributed by atoms with van der Waals surface area (Å²) in [5.74, 6) is 0.553. The van der Waals surface area contributed by atoms with Crippen molar-refractivity contribution >= 4 is 0 Å². The van der Waals surface area contributed by atoms with Crippen LogP contribution >= 0.6 is 0 Å². The fraction of sp³-hybridized carbons (Fsp3) is 0.368. The van der Waals surface area contributed by atoms with Crippen LogP contribution in [0.3, 0.4) is 0 Å². The molecule has 1 N–H and O–H groups in total. The Labute approximate surface area is 127 Å². The van der Waals surface area contributed by atoms with Gasteiger partial charge < -0.3 is 10.1 Å². The van der Waals surface area contributed by atoms with E-state index < -0.39 is 0 Å². The van der Waals surface area contributed by atoms with Crippen molar-refractivity contribution in [2.45, 2.75) is 18.9 Å². The molecule has 0 bridgehead atoms. The largest absolute Gasteiger partial charge is 0.379 e. The fourth-order valence-corrected chi connectivity index (χ4v) is 3.05. The molecular formula is C19H23NO. The first-order valence-corrected chi connectivity index (χ1v) is 7.69. The highest BCUT2D eigenvalue weighted by Crippen LogP contribution is 2.39. The van der Waals surface area contributed by atoms with Crippen LogP contribution in [0.15, 0.2) is 60.7 Å². The van der Waals surface area contributed by atoms with Crippen molar-refractivity contribution in [3.05, 3.63) is 71.8 Å². The average Bonchev–Trinajstić information content (AvgIpc) is 2.48. The standard InChI is InChI=1S/C19H23NO/c1-16(12-20-13-17-8-4-2-5-9-17)19(14-21-15-19)18-10-6-3-7-11-18/h2-11,16,20H,12-15H2,1H3. The van der Waals surface area contributed by atoms with Crippen LogP contribution in [0, 0.1) is 5.92 Å². The molecule has 1 aliphatic rings. The molecule has 1 heterocycles. The van der Waals surface area contributed by atoms with Gasteiger partial charge in [0.05, 0.1) is 13.2 Å². The van der Waals surface area contributed by atoms with Crippen molar-refractivity contribution in [2.24, 2.45) is 5.92 Å². The Hall–Kier alpha value is -1.64. The minimum atomic E-state index is 0.185. The third-order valence-corrected chi connectivity index (χ3v) is 4.63. The van der Waals surface area contributed by atoms with Gasteiger partial charge in [-0.25, -0.2) is 0 Å². The van der Waals surface area contributed by atoms with Gasteiger partial charge in [-0.2, -0.15) is 0 Å². The first kappa shape index (κ1) is 14.3. The number of hydrogen-bond donors (Lipinski definition) is 1. The van der Waals surface area contributed by atoms with Gasteiger partial charge in [-0.05, 0) is 23.6 Å². The number of rotatable bonds is 6. The summed E-state index contributed by atoms with van der Waals surface area (Å²) < 4.78 is 5.55. The molecule has 1 atom stereocenters. The summed E-state index contributed by atoms with van der Waals surface area (Å²) in [6.45, 7) is 5.94. The van der Waals surface area contributed by atoms with Crippen LogP contribution in [0.25, 0.3) is 0 Å². The second-order valence-electron chi connectivity index (χ2n) is 6.03. The Kier molecular flexibility index (Phi) is 4.37. The van der Waals surface area contributed by atoms with Crippen LogP contribution in [-0.4, -0.2) is 19.8 Å². The zero-order valence-corrected chi connectivity index (χ0v) is 12.6. The van der Waals surface area contributed by atoms with Gasteiger partial charge >= 0.3 is 0 Å². The number of benzene rings is 2. The quantitative estimate of drug-likeness (QED) is 0.876. The molecule has 0 aromatic heterocycles. The van der Waals surface area contributed by atoms with E-state index in [1.807, 2.05) is 0 Å². The van der Waals surface area contributed by atoms with E-state index in [4.69, 9.17) is 4.74 Å². The number of nitrogens with one attached hydrogen (secondary N) is 1. The van der Waals surface area contributed by atoms with E-state index >= 15 is 0 Å². The van der Waals surface area contributed by atoms with Gasteiger partial charge in [0.15, 0.2) is 0 Å². The van der Waals surface area contributed by atoms with E-state index in [2.05, 4.69) is 72.9 Å². The SMILES string of the molecule is CC(CNCc1ccccc1)C1(c2ccccc2)COC1. The van der Waals surface area contributed by atoms with Crippen LogP contribution in [0.4, 0.5) is 0 Å². The van der Waals surface area contributed by atoms with Gasteiger partial charge in [0.25, 0.3) is 0 Å². The lowest BCUT2D eigenvalue weighted by Gasteiger charge is -2.46. The van der Waals surface area contributed by atoms with Crippen molar-refractivity contribution in [3.8, 4) is 0 Å². The molecule has 110 valence electrons. The Balaban J connectivity index is 1.60. The van der Waals surface area contributed by atoms with Crippen molar-refractivity contribution in [3.63, 3.8) is 0 Å². The molecule has 0 aliphatic carbocycles. The third kappa shape index (κ3) is 3.02. The van der Waals surface area contributed by atoms with Crippen molar-refractivity contribution in [2.75, 3.05) is 19.8 Å². The van der Waals surface area contributed by atoms with E-state index in [-0.39, 0.29) is 5.41 Å². The highest BCUT2D eigenvalue weighted by Gasteiger charge is 2.44. The van der Waals surface area contributed by atoms with Crippen molar-refractivity contribution in [1.82, 2.24) is 5.32 Å². The zero-order chi connectivity index (χ0) is 14.5. The molecule has 1 saturated heterocycles. The summed E-state index contributed by atoms with van der Waals surface area (Å²) in [6, 6.07) is 21.4. The van der Waals surface area contributed by atoms with E-state index in [0.29, 0.717) is 5.92 Å². The predicted octanol–water partition coefficient (Wildman–Crippen LogP) is 3.38. The third-order valence-electron chi connectivity index (χ3n) is 4.63. The normalized spacial score (nSPS) is 18.0. The lowest BCUT2D eigenvalue weighted by Crippen LogP contribution is -2.53. The molecule has 1 aliphatic heterocycles. The molecule has 21 heavy (non-hydrogen) atoms. The minimum absolute atomic E-state index is 0.185. The first-order valence-electron chi connectivity index (χ1n) is 7.69. The van der Waals surface area contributed by atoms with Crippen LogP contribution in [-0.2, 0) is 16.7 Å². The highest BCUT2D eigenvalue weighted by molar-refractivity contribution is 5.29. The zero-order valence-electron chi connectivity index (χ0n) is 12.6. The Morgan fingerprint density at radius 2 is 1.62 bits per heavy atom. The second kappa shape index (κ2) is 6.42. The maximum Gasteiger partial charge on any atom is 0.0588 e. The molecule has 2 nitrogen and oxygen atoms in total. The van der Waals surface area contributed by atoms with Crippen LogP contribution in [0.5, 0.6) is 0 Å². The maximum absolute atomic E-state index is 5.55. The monoisotopic (exact) mass is 281 g/mol. The molecule has 2 aromatic rings. The van der Waals surface area contributed by atoms with Gasteiger partial charge in [-0.3, -0.25) is 0 Å². The van der Waals surface area contributed by atoms with E-state index in [9.17, 15) is 0 Å². The predicted molar refractivity (Wildman–Crippen MR) is 86.3 cm³/mol. The molecule has 0 amide bonds. The second-order valence-corrected chi connectivity index (χ2v) is 6.03. The van der Waals surface area contributed by atoms with Crippen LogP contribution in [0.1, 0.15) is 18.1 Å². The number of ether oxygens (including phenoxy) is 1. The maximum atomic E-state index is 5.55. The first-order chi connectivity index (χ1) is 10.3. The van der Waals surface area contributed by atoms with E-state index in [1.165, 1.54) is 11.1 Å². The number of hydrogen-bond acceptors (Lipinski definition) is 2. The lowest BCUT2D eigenvalue weighted by atomic mass is 9.69. The summed E-state index contributed by atoms with van der Waals surface area (Å²) in [7, 11) is 0. The molecule has 2 aromatic carbocycles. The van der Waals surface area contributed by atoms with Crippen LogP contribution < -0.4 is 5.32 Å². The van der Waals surface area contributed by atoms with Crippen molar-refractivity contribution < 1.29 is 4.74 Å². The fourth-order valence-electron chi connectivity index (χ4n) is 3.05. The summed E-state index contributed by atoms with van der Waals surface area (Å²) >= 11 is 0. The average molecular weight is 281 g/mol. The lowest BCUT2D eigenvalue weighted by molar-refractivity contribution is -0.0868. The summed E-state index contributed by atoms with van der Waals surface area (Å²) in [5.41, 5.74) is 2.93. The van der Waals surface area contributed by atoms with Gasteiger partial charge in [0.1, 0.15) is 0 Å². The van der Waals surface area contributed by atoms with Gasteiger partial charge in [-0.1, -0.05) is 67.6 Å². The highest BCUT2D eigenvalue weighted by atomic mass is 16.5.